The Morgan fingerprint density at radius 3 is 1.97 bits per heavy atom. The first-order valence-electron chi connectivity index (χ1n) is 10.5. The largest absolute Gasteiger partial charge is 0.346 e. The molecule has 10 heteroatoms. The van der Waals surface area contributed by atoms with Gasteiger partial charge in [-0.3, -0.25) is 25.0 Å². The van der Waals surface area contributed by atoms with E-state index in [0.29, 0.717) is 0 Å². The van der Waals surface area contributed by atoms with Gasteiger partial charge in [-0.05, 0) is 11.6 Å². The predicted molar refractivity (Wildman–Crippen MR) is 116 cm³/mol. The van der Waals surface area contributed by atoms with Crippen molar-refractivity contribution < 1.29 is 24.0 Å². The van der Waals surface area contributed by atoms with Gasteiger partial charge in [-0.15, -0.1) is 0 Å². The standard InChI is InChI=1S/C22H27N5O5/c1-14-10-26(21(31)24-19(14)29)12-17(13-27-11-15(2)20(30)25-22(27)32)23-18(28)9-8-16-6-4-3-5-7-16/h3-9,14-15,17H,10-13H2,1-2H3,(H,23,28)(H,24,29,31)(H,25,30,32)/b9-8+. The number of amides is 7. The average Bonchev–Trinajstić information content (AvgIpc) is 2.75. The Kier molecular flexibility index (Phi) is 7.24. The van der Waals surface area contributed by atoms with E-state index in [9.17, 15) is 24.0 Å². The van der Waals surface area contributed by atoms with E-state index in [2.05, 4.69) is 16.0 Å². The van der Waals surface area contributed by atoms with E-state index in [4.69, 9.17) is 0 Å². The van der Waals surface area contributed by atoms with E-state index in [1.807, 2.05) is 30.3 Å². The van der Waals surface area contributed by atoms with Gasteiger partial charge < -0.3 is 15.1 Å². The minimum atomic E-state index is -0.611. The quantitative estimate of drug-likeness (QED) is 0.533. The molecule has 2 unspecified atom stereocenters. The first-order valence-corrected chi connectivity index (χ1v) is 10.5. The van der Waals surface area contributed by atoms with Crippen molar-refractivity contribution in [3.05, 3.63) is 42.0 Å². The molecule has 2 saturated heterocycles. The molecule has 2 aliphatic rings. The highest BCUT2D eigenvalue weighted by Crippen LogP contribution is 2.12. The smallest absolute Gasteiger partial charge is 0.324 e. The van der Waals surface area contributed by atoms with Crippen LogP contribution in [0.25, 0.3) is 6.08 Å². The van der Waals surface area contributed by atoms with Crippen molar-refractivity contribution in [3.63, 3.8) is 0 Å². The van der Waals surface area contributed by atoms with Crippen molar-refractivity contribution in [3.8, 4) is 0 Å². The molecular weight excluding hydrogens is 414 g/mol. The number of hydrogen-bond donors (Lipinski definition) is 3. The second kappa shape index (κ2) is 10.1. The normalized spacial score (nSPS) is 22.6. The highest BCUT2D eigenvalue weighted by Gasteiger charge is 2.34. The molecule has 0 bridgehead atoms. The van der Waals surface area contributed by atoms with Crippen molar-refractivity contribution in [1.29, 1.82) is 0 Å². The van der Waals surface area contributed by atoms with Gasteiger partial charge in [0, 0.05) is 32.3 Å². The SMILES string of the molecule is CC1CN(CC(CN2CC(C)C(=O)NC2=O)NC(=O)/C=C/c2ccccc2)C(=O)NC1=O. The van der Waals surface area contributed by atoms with E-state index in [0.717, 1.165) is 5.56 Å². The van der Waals surface area contributed by atoms with Gasteiger partial charge in [0.05, 0.1) is 17.9 Å². The van der Waals surface area contributed by atoms with E-state index in [1.54, 1.807) is 19.9 Å². The van der Waals surface area contributed by atoms with Crippen LogP contribution in [-0.4, -0.2) is 71.8 Å². The minimum absolute atomic E-state index is 0.0977. The van der Waals surface area contributed by atoms with Gasteiger partial charge in [-0.25, -0.2) is 9.59 Å². The highest BCUT2D eigenvalue weighted by atomic mass is 16.2. The summed E-state index contributed by atoms with van der Waals surface area (Å²) in [6.45, 7) is 4.02. The highest BCUT2D eigenvalue weighted by molar-refractivity contribution is 5.98. The Morgan fingerprint density at radius 1 is 0.969 bits per heavy atom. The molecule has 2 heterocycles. The molecule has 2 fully saturated rings. The third-order valence-electron chi connectivity index (χ3n) is 5.37. The van der Waals surface area contributed by atoms with Crippen molar-refractivity contribution >= 4 is 35.9 Å². The molecule has 3 N–H and O–H groups in total. The van der Waals surface area contributed by atoms with Gasteiger partial charge in [0.2, 0.25) is 17.7 Å². The molecule has 0 spiro atoms. The Balaban J connectivity index is 1.71. The van der Waals surface area contributed by atoms with Gasteiger partial charge in [0.25, 0.3) is 0 Å². The lowest BCUT2D eigenvalue weighted by Gasteiger charge is -2.37. The number of imide groups is 2. The zero-order valence-electron chi connectivity index (χ0n) is 18.0. The molecule has 0 aromatic heterocycles. The molecule has 0 radical (unpaired) electrons. The summed E-state index contributed by atoms with van der Waals surface area (Å²) >= 11 is 0. The Bertz CT molecular complexity index is 888. The van der Waals surface area contributed by atoms with Crippen LogP contribution in [-0.2, 0) is 14.4 Å². The second-order valence-corrected chi connectivity index (χ2v) is 8.15. The van der Waals surface area contributed by atoms with Crippen molar-refractivity contribution in [1.82, 2.24) is 25.8 Å². The summed E-state index contributed by atoms with van der Waals surface area (Å²) in [5.41, 5.74) is 0.852. The van der Waals surface area contributed by atoms with E-state index >= 15 is 0 Å². The fourth-order valence-corrected chi connectivity index (χ4v) is 3.59. The predicted octanol–water partition coefficient (Wildman–Crippen LogP) is 0.560. The molecule has 170 valence electrons. The third kappa shape index (κ3) is 5.93. The lowest BCUT2D eigenvalue weighted by molar-refractivity contribution is -0.126. The zero-order valence-corrected chi connectivity index (χ0v) is 18.0. The third-order valence-corrected chi connectivity index (χ3v) is 5.37. The molecular formula is C22H27N5O5. The number of rotatable bonds is 7. The van der Waals surface area contributed by atoms with Crippen LogP contribution in [0.2, 0.25) is 0 Å². The van der Waals surface area contributed by atoms with Crippen molar-refractivity contribution in [2.24, 2.45) is 11.8 Å². The molecule has 2 atom stereocenters. The fourth-order valence-electron chi connectivity index (χ4n) is 3.59. The average molecular weight is 441 g/mol. The molecule has 0 saturated carbocycles. The monoisotopic (exact) mass is 441 g/mol. The summed E-state index contributed by atoms with van der Waals surface area (Å²) in [6.07, 6.45) is 3.04. The van der Waals surface area contributed by atoms with E-state index in [1.165, 1.54) is 15.9 Å². The summed E-state index contributed by atoms with van der Waals surface area (Å²) in [6, 6.07) is 7.60. The van der Waals surface area contributed by atoms with Crippen LogP contribution in [0, 0.1) is 11.8 Å². The maximum Gasteiger partial charge on any atom is 0.324 e. The minimum Gasteiger partial charge on any atom is -0.346 e. The number of urea groups is 2. The van der Waals surface area contributed by atoms with Crippen LogP contribution in [0.15, 0.2) is 36.4 Å². The Labute approximate surface area is 186 Å². The number of benzene rings is 1. The van der Waals surface area contributed by atoms with Crippen LogP contribution < -0.4 is 16.0 Å². The van der Waals surface area contributed by atoms with Gasteiger partial charge in [0.1, 0.15) is 0 Å². The first-order chi connectivity index (χ1) is 15.2. The van der Waals surface area contributed by atoms with E-state index < -0.39 is 29.9 Å². The summed E-state index contributed by atoms with van der Waals surface area (Å²) in [7, 11) is 0. The van der Waals surface area contributed by atoms with Crippen LogP contribution in [0.5, 0.6) is 0 Å². The maximum absolute atomic E-state index is 12.6. The Hall–Kier alpha value is -3.69. The molecule has 1 aromatic rings. The van der Waals surface area contributed by atoms with Gasteiger partial charge >= 0.3 is 12.1 Å². The van der Waals surface area contributed by atoms with Gasteiger partial charge in [0.15, 0.2) is 0 Å². The van der Waals surface area contributed by atoms with E-state index in [-0.39, 0.29) is 43.9 Å². The molecule has 10 nitrogen and oxygen atoms in total. The number of carbonyl (C=O) groups is 5. The van der Waals surface area contributed by atoms with Crippen molar-refractivity contribution in [2.75, 3.05) is 26.2 Å². The topological polar surface area (TPSA) is 128 Å². The summed E-state index contributed by atoms with van der Waals surface area (Å²) in [5.74, 6) is -1.86. The lowest BCUT2D eigenvalue weighted by atomic mass is 10.1. The number of hydrogen-bond acceptors (Lipinski definition) is 5. The molecule has 1 aromatic carbocycles. The van der Waals surface area contributed by atoms with Crippen LogP contribution in [0.1, 0.15) is 19.4 Å². The molecule has 32 heavy (non-hydrogen) atoms. The first kappa shape index (κ1) is 23.0. The number of carbonyl (C=O) groups excluding carboxylic acids is 5. The molecule has 0 aliphatic carbocycles. The zero-order chi connectivity index (χ0) is 23.3. The Morgan fingerprint density at radius 2 is 1.47 bits per heavy atom. The maximum atomic E-state index is 12.6. The van der Waals surface area contributed by atoms with Crippen LogP contribution in [0.4, 0.5) is 9.59 Å². The lowest BCUT2D eigenvalue weighted by Crippen LogP contribution is -2.61. The molecule has 2 aliphatic heterocycles. The molecule has 3 rings (SSSR count). The van der Waals surface area contributed by atoms with Crippen LogP contribution >= 0.6 is 0 Å². The number of nitrogens with one attached hydrogen (secondary N) is 3. The summed E-state index contributed by atoms with van der Waals surface area (Å²) < 4.78 is 0. The molecule has 7 amide bonds. The van der Waals surface area contributed by atoms with Crippen molar-refractivity contribution in [2.45, 2.75) is 19.9 Å². The van der Waals surface area contributed by atoms with Crippen LogP contribution in [0.3, 0.4) is 0 Å². The fraction of sp³-hybridized carbons (Fsp3) is 0.409. The van der Waals surface area contributed by atoms with Gasteiger partial charge in [-0.1, -0.05) is 44.2 Å². The van der Waals surface area contributed by atoms with Gasteiger partial charge in [-0.2, -0.15) is 0 Å². The summed E-state index contributed by atoms with van der Waals surface area (Å²) in [4.78, 5) is 63.4. The summed E-state index contributed by atoms with van der Waals surface area (Å²) in [5, 5.41) is 7.42. The number of nitrogens with zero attached hydrogens (tertiary/aromatic N) is 2. The second-order valence-electron chi connectivity index (χ2n) is 8.15.